The van der Waals surface area contributed by atoms with Gasteiger partial charge in [-0.2, -0.15) is 0 Å². The molecule has 1 fully saturated rings. The number of carboxylic acids is 1. The molecule has 0 aromatic rings. The van der Waals surface area contributed by atoms with Crippen molar-refractivity contribution in [1.82, 2.24) is 10.2 Å². The number of rotatable bonds is 4. The van der Waals surface area contributed by atoms with Crippen LogP contribution in [0, 0.1) is 11.8 Å². The van der Waals surface area contributed by atoms with Crippen molar-refractivity contribution in [2.75, 3.05) is 20.2 Å². The molecular formula is C13H22N2O5. The Hall–Kier alpha value is -1.79. The number of amides is 2. The normalized spacial score (nSPS) is 19.1. The second-order valence-corrected chi connectivity index (χ2v) is 5.15. The predicted octanol–water partition coefficient (Wildman–Crippen LogP) is 0.690. The third-order valence-corrected chi connectivity index (χ3v) is 3.81. The highest BCUT2D eigenvalue weighted by molar-refractivity contribution is 5.77. The Morgan fingerprint density at radius 2 is 1.80 bits per heavy atom. The van der Waals surface area contributed by atoms with Crippen molar-refractivity contribution in [3.05, 3.63) is 0 Å². The summed E-state index contributed by atoms with van der Waals surface area (Å²) >= 11 is 0. The van der Waals surface area contributed by atoms with E-state index in [0.29, 0.717) is 25.9 Å². The lowest BCUT2D eigenvalue weighted by atomic mass is 9.97. The molecule has 0 aromatic carbocycles. The third kappa shape index (κ3) is 4.11. The van der Waals surface area contributed by atoms with Gasteiger partial charge in [0.2, 0.25) is 0 Å². The minimum atomic E-state index is -0.942. The minimum Gasteiger partial charge on any atom is -0.481 e. The smallest absolute Gasteiger partial charge is 0.317 e. The first kappa shape index (κ1) is 16.3. The fraction of sp³-hybridized carbons (Fsp3) is 0.769. The van der Waals surface area contributed by atoms with Crippen LogP contribution in [0.4, 0.5) is 4.79 Å². The molecule has 2 amide bonds. The summed E-state index contributed by atoms with van der Waals surface area (Å²) in [6.45, 7) is 4.16. The highest BCUT2D eigenvalue weighted by Crippen LogP contribution is 2.18. The monoisotopic (exact) mass is 286 g/mol. The molecule has 0 bridgehead atoms. The van der Waals surface area contributed by atoms with Crippen LogP contribution in [0.25, 0.3) is 0 Å². The van der Waals surface area contributed by atoms with Crippen LogP contribution in [-0.4, -0.2) is 54.2 Å². The van der Waals surface area contributed by atoms with Crippen molar-refractivity contribution in [2.45, 2.75) is 32.7 Å². The summed E-state index contributed by atoms with van der Waals surface area (Å²) in [6.07, 6.45) is 1.14. The Labute approximate surface area is 118 Å². The summed E-state index contributed by atoms with van der Waals surface area (Å²) in [7, 11) is 1.36. The predicted molar refractivity (Wildman–Crippen MR) is 71.1 cm³/mol. The van der Waals surface area contributed by atoms with Crippen molar-refractivity contribution < 1.29 is 24.2 Å². The van der Waals surface area contributed by atoms with E-state index in [1.165, 1.54) is 7.11 Å². The lowest BCUT2D eigenvalue weighted by Gasteiger charge is -2.32. The topological polar surface area (TPSA) is 95.9 Å². The number of piperidine rings is 1. The van der Waals surface area contributed by atoms with Crippen LogP contribution < -0.4 is 5.32 Å². The van der Waals surface area contributed by atoms with E-state index in [0.717, 1.165) is 0 Å². The number of methoxy groups -OCH3 is 1. The van der Waals surface area contributed by atoms with Crippen LogP contribution in [0.1, 0.15) is 26.7 Å². The second-order valence-electron chi connectivity index (χ2n) is 5.15. The molecule has 2 unspecified atom stereocenters. The van der Waals surface area contributed by atoms with Crippen molar-refractivity contribution in [2.24, 2.45) is 11.8 Å². The molecule has 1 saturated heterocycles. The van der Waals surface area contributed by atoms with Gasteiger partial charge in [-0.3, -0.25) is 9.59 Å². The summed E-state index contributed by atoms with van der Waals surface area (Å²) in [5.41, 5.74) is 0. The number of esters is 1. The number of aliphatic carboxylic acids is 1. The highest BCUT2D eigenvalue weighted by atomic mass is 16.5. The van der Waals surface area contributed by atoms with E-state index in [-0.39, 0.29) is 17.9 Å². The van der Waals surface area contributed by atoms with E-state index in [2.05, 4.69) is 10.1 Å². The number of carbonyl (C=O) groups excluding carboxylic acids is 2. The molecule has 0 aromatic heterocycles. The van der Waals surface area contributed by atoms with Gasteiger partial charge in [-0.1, -0.05) is 0 Å². The standard InChI is InChI=1S/C13H22N2O5/c1-8(11(16)17)9(2)14-13(19)15-6-4-10(5-7-15)12(18)20-3/h8-10H,4-7H2,1-3H3,(H,14,19)(H,16,17). The average Bonchev–Trinajstić information content (AvgIpc) is 2.45. The Bertz CT molecular complexity index is 377. The number of ether oxygens (including phenoxy) is 1. The number of hydrogen-bond acceptors (Lipinski definition) is 4. The van der Waals surface area contributed by atoms with E-state index in [4.69, 9.17) is 5.11 Å². The molecule has 7 heteroatoms. The Kier molecular flexibility index (Phi) is 5.79. The first-order valence-electron chi connectivity index (χ1n) is 6.72. The molecule has 0 aliphatic carbocycles. The van der Waals surface area contributed by atoms with Gasteiger partial charge in [-0.25, -0.2) is 4.79 Å². The second kappa shape index (κ2) is 7.12. The molecular weight excluding hydrogens is 264 g/mol. The van der Waals surface area contributed by atoms with Crippen LogP contribution in [0.15, 0.2) is 0 Å². The van der Waals surface area contributed by atoms with Gasteiger partial charge in [0, 0.05) is 19.1 Å². The lowest BCUT2D eigenvalue weighted by Crippen LogP contribution is -2.50. The van der Waals surface area contributed by atoms with Gasteiger partial charge in [0.25, 0.3) is 0 Å². The van der Waals surface area contributed by atoms with Gasteiger partial charge >= 0.3 is 18.0 Å². The van der Waals surface area contributed by atoms with E-state index in [1.54, 1.807) is 18.7 Å². The number of carboxylic acid groups (broad SMARTS) is 1. The van der Waals surface area contributed by atoms with E-state index >= 15 is 0 Å². The van der Waals surface area contributed by atoms with E-state index in [9.17, 15) is 14.4 Å². The van der Waals surface area contributed by atoms with E-state index < -0.39 is 17.9 Å². The molecule has 1 aliphatic rings. The zero-order valence-electron chi connectivity index (χ0n) is 12.1. The molecule has 7 nitrogen and oxygen atoms in total. The Balaban J connectivity index is 2.43. The highest BCUT2D eigenvalue weighted by Gasteiger charge is 2.29. The van der Waals surface area contributed by atoms with Crippen molar-refractivity contribution in [3.8, 4) is 0 Å². The zero-order chi connectivity index (χ0) is 15.3. The fourth-order valence-electron chi connectivity index (χ4n) is 2.11. The average molecular weight is 286 g/mol. The molecule has 0 saturated carbocycles. The molecule has 0 spiro atoms. The number of nitrogens with zero attached hydrogens (tertiary/aromatic N) is 1. The van der Waals surface area contributed by atoms with Gasteiger partial charge in [0.05, 0.1) is 18.9 Å². The number of likely N-dealkylation sites (tertiary alicyclic amines) is 1. The Morgan fingerprint density at radius 3 is 2.25 bits per heavy atom. The fourth-order valence-corrected chi connectivity index (χ4v) is 2.11. The summed E-state index contributed by atoms with van der Waals surface area (Å²) in [6, 6.07) is -0.729. The maximum atomic E-state index is 12.0. The molecule has 2 atom stereocenters. The molecule has 0 radical (unpaired) electrons. The van der Waals surface area contributed by atoms with Gasteiger partial charge in [-0.15, -0.1) is 0 Å². The number of urea groups is 1. The zero-order valence-corrected chi connectivity index (χ0v) is 12.1. The van der Waals surface area contributed by atoms with Crippen LogP contribution in [-0.2, 0) is 14.3 Å². The molecule has 2 N–H and O–H groups in total. The first-order valence-corrected chi connectivity index (χ1v) is 6.72. The summed E-state index contributed by atoms with van der Waals surface area (Å²) < 4.78 is 4.68. The summed E-state index contributed by atoms with van der Waals surface area (Å²) in [4.78, 5) is 35.8. The molecule has 114 valence electrons. The van der Waals surface area contributed by atoms with Gasteiger partial charge < -0.3 is 20.1 Å². The Morgan fingerprint density at radius 1 is 1.25 bits per heavy atom. The lowest BCUT2D eigenvalue weighted by molar-refractivity contribution is -0.147. The van der Waals surface area contributed by atoms with Crippen LogP contribution in [0.5, 0.6) is 0 Å². The number of carbonyl (C=O) groups is 3. The van der Waals surface area contributed by atoms with Gasteiger partial charge in [0.1, 0.15) is 0 Å². The van der Waals surface area contributed by atoms with Crippen molar-refractivity contribution >= 4 is 18.0 Å². The van der Waals surface area contributed by atoms with Gasteiger partial charge in [-0.05, 0) is 26.7 Å². The maximum Gasteiger partial charge on any atom is 0.317 e. The SMILES string of the molecule is COC(=O)C1CCN(C(=O)NC(C)C(C)C(=O)O)CC1. The number of hydrogen-bond donors (Lipinski definition) is 2. The third-order valence-electron chi connectivity index (χ3n) is 3.81. The van der Waals surface area contributed by atoms with Gasteiger partial charge in [0.15, 0.2) is 0 Å². The number of nitrogens with one attached hydrogen (secondary N) is 1. The quantitative estimate of drug-likeness (QED) is 0.741. The largest absolute Gasteiger partial charge is 0.481 e. The van der Waals surface area contributed by atoms with Crippen LogP contribution in [0.2, 0.25) is 0 Å². The van der Waals surface area contributed by atoms with E-state index in [1.807, 2.05) is 0 Å². The van der Waals surface area contributed by atoms with Crippen molar-refractivity contribution in [3.63, 3.8) is 0 Å². The van der Waals surface area contributed by atoms with Crippen molar-refractivity contribution in [1.29, 1.82) is 0 Å². The first-order chi connectivity index (χ1) is 9.36. The van der Waals surface area contributed by atoms with Crippen LogP contribution in [0.3, 0.4) is 0 Å². The molecule has 1 aliphatic heterocycles. The molecule has 20 heavy (non-hydrogen) atoms. The summed E-state index contributed by atoms with van der Waals surface area (Å²) in [5, 5.41) is 11.6. The molecule has 1 heterocycles. The maximum absolute atomic E-state index is 12.0. The van der Waals surface area contributed by atoms with Crippen LogP contribution >= 0.6 is 0 Å². The summed E-state index contributed by atoms with van der Waals surface area (Å²) in [5.74, 6) is -1.98. The molecule has 1 rings (SSSR count). The minimum absolute atomic E-state index is 0.153.